The van der Waals surface area contributed by atoms with Crippen molar-refractivity contribution in [3.63, 3.8) is 0 Å². The highest BCUT2D eigenvalue weighted by atomic mass is 16.1. The van der Waals surface area contributed by atoms with Gasteiger partial charge in [-0.1, -0.05) is 23.8 Å². The maximum atomic E-state index is 11.5. The summed E-state index contributed by atoms with van der Waals surface area (Å²) in [6.45, 7) is 3.05. The van der Waals surface area contributed by atoms with E-state index in [0.29, 0.717) is 37.4 Å². The molecule has 0 atom stereocenters. The second-order valence-electron chi connectivity index (χ2n) is 6.71. The van der Waals surface area contributed by atoms with Gasteiger partial charge in [0.25, 0.3) is 0 Å². The lowest BCUT2D eigenvalue weighted by molar-refractivity contribution is -0.123. The quantitative estimate of drug-likeness (QED) is 0.590. The standard InChI is InChI=1S/C18H23N7O/c1-11-3-2-4-12(9-11)14(19)15-16(20)24-13(10-23-15)25-7-5-18(22,6-8-25)17(21)26/h2-4,9-10,19H,5-8,22H2,1H3,(H2,20,24)(H2,21,26). The number of nitrogen functional groups attached to an aromatic ring is 1. The van der Waals surface area contributed by atoms with Crippen molar-refractivity contribution >= 4 is 23.3 Å². The molecule has 0 bridgehead atoms. The molecule has 0 aliphatic carbocycles. The number of anilines is 2. The number of aromatic nitrogens is 2. The number of nitrogens with zero attached hydrogens (tertiary/aromatic N) is 3. The number of nitrogens with one attached hydrogen (secondary N) is 1. The number of nitrogens with two attached hydrogens (primary N) is 3. The van der Waals surface area contributed by atoms with Crippen LogP contribution < -0.4 is 22.1 Å². The summed E-state index contributed by atoms with van der Waals surface area (Å²) < 4.78 is 0. The van der Waals surface area contributed by atoms with Gasteiger partial charge in [-0.05, 0) is 25.8 Å². The summed E-state index contributed by atoms with van der Waals surface area (Å²) in [6.07, 6.45) is 2.50. The van der Waals surface area contributed by atoms with Gasteiger partial charge in [-0.3, -0.25) is 10.2 Å². The van der Waals surface area contributed by atoms with Crippen LogP contribution in [0.5, 0.6) is 0 Å². The second kappa shape index (κ2) is 6.72. The number of aryl methyl sites for hydroxylation is 1. The zero-order valence-corrected chi connectivity index (χ0v) is 14.7. The smallest absolute Gasteiger partial charge is 0.237 e. The lowest BCUT2D eigenvalue weighted by atomic mass is 9.88. The summed E-state index contributed by atoms with van der Waals surface area (Å²) in [6, 6.07) is 7.61. The van der Waals surface area contributed by atoms with Crippen LogP contribution in [-0.2, 0) is 4.79 Å². The van der Waals surface area contributed by atoms with Gasteiger partial charge in [0.15, 0.2) is 5.82 Å². The van der Waals surface area contributed by atoms with Crippen molar-refractivity contribution in [1.82, 2.24) is 9.97 Å². The number of rotatable bonds is 4. The lowest BCUT2D eigenvalue weighted by Gasteiger charge is -2.37. The van der Waals surface area contributed by atoms with Crippen LogP contribution in [-0.4, -0.2) is 40.2 Å². The van der Waals surface area contributed by atoms with Crippen LogP contribution in [0.3, 0.4) is 0 Å². The summed E-state index contributed by atoms with van der Waals surface area (Å²) >= 11 is 0. The van der Waals surface area contributed by atoms with E-state index in [-0.39, 0.29) is 11.5 Å². The molecule has 1 aromatic heterocycles. The molecule has 1 aliphatic heterocycles. The molecule has 1 aliphatic rings. The fraction of sp³-hybridized carbons (Fsp3) is 0.333. The zero-order chi connectivity index (χ0) is 18.9. The molecule has 7 N–H and O–H groups in total. The minimum absolute atomic E-state index is 0.202. The van der Waals surface area contributed by atoms with Gasteiger partial charge in [0, 0.05) is 18.7 Å². The van der Waals surface area contributed by atoms with E-state index in [4.69, 9.17) is 22.6 Å². The molecule has 2 aromatic rings. The van der Waals surface area contributed by atoms with E-state index in [1.807, 2.05) is 36.1 Å². The van der Waals surface area contributed by atoms with Gasteiger partial charge in [0.2, 0.25) is 5.91 Å². The van der Waals surface area contributed by atoms with Gasteiger partial charge < -0.3 is 22.1 Å². The topological polar surface area (TPSA) is 148 Å². The number of benzene rings is 1. The molecule has 136 valence electrons. The molecule has 0 spiro atoms. The van der Waals surface area contributed by atoms with E-state index in [2.05, 4.69) is 9.97 Å². The number of amides is 1. The lowest BCUT2D eigenvalue weighted by Crippen LogP contribution is -2.58. The second-order valence-corrected chi connectivity index (χ2v) is 6.71. The molecular formula is C18H23N7O. The Hall–Kier alpha value is -3.00. The summed E-state index contributed by atoms with van der Waals surface area (Å²) in [5, 5.41) is 8.36. The SMILES string of the molecule is Cc1cccc(C(=N)c2ncc(N3CCC(N)(C(N)=O)CC3)nc2N)c1. The first-order valence-corrected chi connectivity index (χ1v) is 8.42. The maximum absolute atomic E-state index is 11.5. The molecule has 8 heteroatoms. The molecule has 1 aromatic carbocycles. The molecule has 26 heavy (non-hydrogen) atoms. The number of carbonyl (C=O) groups is 1. The predicted molar refractivity (Wildman–Crippen MR) is 101 cm³/mol. The van der Waals surface area contributed by atoms with Crippen LogP contribution in [0.25, 0.3) is 0 Å². The van der Waals surface area contributed by atoms with Crippen LogP contribution in [0.2, 0.25) is 0 Å². The van der Waals surface area contributed by atoms with Crippen LogP contribution in [0.15, 0.2) is 30.5 Å². The van der Waals surface area contributed by atoms with Crippen molar-refractivity contribution in [1.29, 1.82) is 5.41 Å². The van der Waals surface area contributed by atoms with E-state index in [1.165, 1.54) is 0 Å². The number of primary amides is 1. The van der Waals surface area contributed by atoms with E-state index in [9.17, 15) is 4.79 Å². The Morgan fingerprint density at radius 1 is 1.31 bits per heavy atom. The average Bonchev–Trinajstić information content (AvgIpc) is 2.61. The molecule has 0 saturated carbocycles. The van der Waals surface area contributed by atoms with Crippen molar-refractivity contribution in [3.05, 3.63) is 47.3 Å². The fourth-order valence-electron chi connectivity index (χ4n) is 3.06. The molecule has 1 saturated heterocycles. The van der Waals surface area contributed by atoms with Crippen LogP contribution in [0.1, 0.15) is 29.7 Å². The Morgan fingerprint density at radius 3 is 2.58 bits per heavy atom. The van der Waals surface area contributed by atoms with E-state index >= 15 is 0 Å². The number of hydrogen-bond donors (Lipinski definition) is 4. The summed E-state index contributed by atoms with van der Waals surface area (Å²) in [7, 11) is 0. The van der Waals surface area contributed by atoms with Gasteiger partial charge in [-0.15, -0.1) is 0 Å². The minimum Gasteiger partial charge on any atom is -0.382 e. The number of carbonyl (C=O) groups excluding carboxylic acids is 1. The van der Waals surface area contributed by atoms with Crippen LogP contribution >= 0.6 is 0 Å². The first-order chi connectivity index (χ1) is 12.3. The largest absolute Gasteiger partial charge is 0.382 e. The van der Waals surface area contributed by atoms with Gasteiger partial charge in [0.05, 0.1) is 17.4 Å². The van der Waals surface area contributed by atoms with Crippen molar-refractivity contribution in [2.45, 2.75) is 25.3 Å². The van der Waals surface area contributed by atoms with Crippen molar-refractivity contribution in [3.8, 4) is 0 Å². The fourth-order valence-corrected chi connectivity index (χ4v) is 3.06. The predicted octanol–water partition coefficient (Wildman–Crippen LogP) is 0.566. The van der Waals surface area contributed by atoms with Gasteiger partial charge in [0.1, 0.15) is 11.5 Å². The first-order valence-electron chi connectivity index (χ1n) is 8.42. The molecule has 0 radical (unpaired) electrons. The molecular weight excluding hydrogens is 330 g/mol. The Kier molecular flexibility index (Phi) is 4.60. The third-order valence-corrected chi connectivity index (χ3v) is 4.80. The summed E-state index contributed by atoms with van der Waals surface area (Å²) in [5.74, 6) is 0.327. The molecule has 1 amide bonds. The third-order valence-electron chi connectivity index (χ3n) is 4.80. The normalized spacial score (nSPS) is 16.3. The van der Waals surface area contributed by atoms with E-state index in [1.54, 1.807) is 6.20 Å². The summed E-state index contributed by atoms with van der Waals surface area (Å²) in [4.78, 5) is 22.2. The molecule has 2 heterocycles. The van der Waals surface area contributed by atoms with Crippen molar-refractivity contribution in [2.75, 3.05) is 23.7 Å². The highest BCUT2D eigenvalue weighted by molar-refractivity contribution is 6.12. The van der Waals surface area contributed by atoms with E-state index in [0.717, 1.165) is 11.1 Å². The van der Waals surface area contributed by atoms with Gasteiger partial charge >= 0.3 is 0 Å². The van der Waals surface area contributed by atoms with Crippen LogP contribution in [0.4, 0.5) is 11.6 Å². The maximum Gasteiger partial charge on any atom is 0.237 e. The minimum atomic E-state index is -0.970. The Bertz CT molecular complexity index is 856. The number of hydrogen-bond acceptors (Lipinski definition) is 7. The molecule has 8 nitrogen and oxygen atoms in total. The van der Waals surface area contributed by atoms with Crippen molar-refractivity contribution < 1.29 is 4.79 Å². The Balaban J connectivity index is 1.78. The Labute approximate surface area is 151 Å². The molecule has 0 unspecified atom stereocenters. The average molecular weight is 353 g/mol. The van der Waals surface area contributed by atoms with Crippen molar-refractivity contribution in [2.24, 2.45) is 11.5 Å². The molecule has 3 rings (SSSR count). The number of piperidine rings is 1. The monoisotopic (exact) mass is 353 g/mol. The first kappa shape index (κ1) is 17.8. The van der Waals surface area contributed by atoms with Crippen LogP contribution in [0, 0.1) is 12.3 Å². The highest BCUT2D eigenvalue weighted by Gasteiger charge is 2.36. The Morgan fingerprint density at radius 2 is 2.00 bits per heavy atom. The zero-order valence-electron chi connectivity index (χ0n) is 14.7. The van der Waals surface area contributed by atoms with Gasteiger partial charge in [-0.25, -0.2) is 9.97 Å². The third kappa shape index (κ3) is 3.36. The van der Waals surface area contributed by atoms with E-state index < -0.39 is 11.4 Å². The molecule has 1 fully saturated rings. The van der Waals surface area contributed by atoms with Gasteiger partial charge in [-0.2, -0.15) is 0 Å². The summed E-state index contributed by atoms with van der Waals surface area (Å²) in [5.41, 5.74) is 18.9. The highest BCUT2D eigenvalue weighted by Crippen LogP contribution is 2.24.